The summed E-state index contributed by atoms with van der Waals surface area (Å²) in [4.78, 5) is 2.32. The van der Waals surface area contributed by atoms with Gasteiger partial charge in [0.15, 0.2) is 0 Å². The van der Waals surface area contributed by atoms with Crippen LogP contribution in [0.25, 0.3) is 0 Å². The van der Waals surface area contributed by atoms with E-state index >= 15 is 0 Å². The number of aliphatic hydroxyl groups excluding tert-OH is 1. The summed E-state index contributed by atoms with van der Waals surface area (Å²) in [7, 11) is 0. The van der Waals surface area contributed by atoms with E-state index in [2.05, 4.69) is 61.2 Å². The molecule has 1 aliphatic rings. The van der Waals surface area contributed by atoms with Crippen LogP contribution in [0.5, 0.6) is 0 Å². The van der Waals surface area contributed by atoms with Gasteiger partial charge >= 0.3 is 0 Å². The van der Waals surface area contributed by atoms with Crippen LogP contribution in [0.15, 0.2) is 42.5 Å². The van der Waals surface area contributed by atoms with Crippen molar-refractivity contribution in [1.29, 1.82) is 0 Å². The van der Waals surface area contributed by atoms with Crippen LogP contribution < -0.4 is 4.90 Å². The fourth-order valence-corrected chi connectivity index (χ4v) is 3.32. The van der Waals surface area contributed by atoms with E-state index in [1.54, 1.807) is 0 Å². The number of β-amino-alcohol motifs (C(OH)–C–C–N with tert-alkyl or cyclic N) is 1. The van der Waals surface area contributed by atoms with Crippen LogP contribution in [0, 0.1) is 13.8 Å². The van der Waals surface area contributed by atoms with Crippen LogP contribution in [-0.2, 0) is 6.42 Å². The highest BCUT2D eigenvalue weighted by Gasteiger charge is 2.19. The Labute approximate surface area is 127 Å². The zero-order valence-corrected chi connectivity index (χ0v) is 12.8. The molecule has 110 valence electrons. The quantitative estimate of drug-likeness (QED) is 0.925. The predicted octanol–water partition coefficient (Wildman–Crippen LogP) is 3.79. The van der Waals surface area contributed by atoms with Gasteiger partial charge in [0, 0.05) is 18.8 Å². The molecule has 1 N–H and O–H groups in total. The van der Waals surface area contributed by atoms with Gasteiger partial charge in [0.25, 0.3) is 0 Å². The van der Waals surface area contributed by atoms with Crippen molar-refractivity contribution >= 4 is 5.69 Å². The number of hydrogen-bond donors (Lipinski definition) is 1. The molecule has 1 atom stereocenters. The highest BCUT2D eigenvalue weighted by Crippen LogP contribution is 2.29. The molecule has 2 heteroatoms. The molecule has 0 spiro atoms. The van der Waals surface area contributed by atoms with Gasteiger partial charge in [-0.05, 0) is 43.9 Å². The Balaban J connectivity index is 1.81. The van der Waals surface area contributed by atoms with Crippen molar-refractivity contribution in [1.82, 2.24) is 0 Å². The number of aliphatic hydroxyl groups is 1. The first-order chi connectivity index (χ1) is 10.1. The van der Waals surface area contributed by atoms with Crippen molar-refractivity contribution in [2.75, 3.05) is 18.0 Å². The number of rotatable bonds is 3. The normalized spacial score (nSPS) is 15.7. The van der Waals surface area contributed by atoms with Crippen molar-refractivity contribution in [3.8, 4) is 0 Å². The summed E-state index contributed by atoms with van der Waals surface area (Å²) >= 11 is 0. The summed E-state index contributed by atoms with van der Waals surface area (Å²) in [6.07, 6.45) is 1.87. The summed E-state index contributed by atoms with van der Waals surface area (Å²) in [5.41, 5.74) is 6.13. The SMILES string of the molecule is Cc1cc(C)cc(C(O)CN2CCCc3ccccc32)c1. The van der Waals surface area contributed by atoms with Gasteiger partial charge in [-0.3, -0.25) is 0 Å². The number of anilines is 1. The standard InChI is InChI=1S/C19H23NO/c1-14-10-15(2)12-17(11-14)19(21)13-20-9-5-7-16-6-3-4-8-18(16)20/h3-4,6,8,10-12,19,21H,5,7,9,13H2,1-2H3. The lowest BCUT2D eigenvalue weighted by atomic mass is 9.99. The van der Waals surface area contributed by atoms with Crippen LogP contribution in [0.3, 0.4) is 0 Å². The van der Waals surface area contributed by atoms with Crippen LogP contribution in [0.4, 0.5) is 5.69 Å². The molecule has 1 unspecified atom stereocenters. The van der Waals surface area contributed by atoms with Crippen molar-refractivity contribution in [2.24, 2.45) is 0 Å². The number of nitrogens with zero attached hydrogens (tertiary/aromatic N) is 1. The number of fused-ring (bicyclic) bond motifs is 1. The molecule has 0 aromatic heterocycles. The molecule has 1 aliphatic heterocycles. The van der Waals surface area contributed by atoms with E-state index in [0.717, 1.165) is 24.9 Å². The molecule has 2 aromatic carbocycles. The minimum absolute atomic E-state index is 0.435. The zero-order chi connectivity index (χ0) is 14.8. The molecule has 21 heavy (non-hydrogen) atoms. The number of aryl methyl sites for hydroxylation is 3. The van der Waals surface area contributed by atoms with Gasteiger partial charge in [-0.1, -0.05) is 47.5 Å². The van der Waals surface area contributed by atoms with Crippen LogP contribution in [0.2, 0.25) is 0 Å². The van der Waals surface area contributed by atoms with Gasteiger partial charge in [0.05, 0.1) is 6.10 Å². The molecule has 0 fully saturated rings. The molecule has 0 amide bonds. The molecule has 0 bridgehead atoms. The van der Waals surface area contributed by atoms with Crippen LogP contribution in [0.1, 0.15) is 34.8 Å². The van der Waals surface area contributed by atoms with E-state index in [-0.39, 0.29) is 0 Å². The van der Waals surface area contributed by atoms with Gasteiger partial charge in [-0.2, -0.15) is 0 Å². The first kappa shape index (κ1) is 14.2. The summed E-state index contributed by atoms with van der Waals surface area (Å²) in [6, 6.07) is 14.9. The smallest absolute Gasteiger partial charge is 0.0965 e. The molecule has 2 nitrogen and oxygen atoms in total. The van der Waals surface area contributed by atoms with E-state index < -0.39 is 6.10 Å². The van der Waals surface area contributed by atoms with Gasteiger partial charge in [0.1, 0.15) is 0 Å². The number of para-hydroxylation sites is 1. The highest BCUT2D eigenvalue weighted by atomic mass is 16.3. The Morgan fingerprint density at radius 3 is 2.57 bits per heavy atom. The maximum absolute atomic E-state index is 10.6. The maximum Gasteiger partial charge on any atom is 0.0965 e. The molecule has 2 aromatic rings. The molecule has 0 saturated carbocycles. The van der Waals surface area contributed by atoms with Crippen molar-refractivity contribution in [3.05, 3.63) is 64.7 Å². The third-order valence-electron chi connectivity index (χ3n) is 4.23. The van der Waals surface area contributed by atoms with E-state index in [1.807, 2.05) is 0 Å². The zero-order valence-electron chi connectivity index (χ0n) is 12.8. The van der Waals surface area contributed by atoms with E-state index in [4.69, 9.17) is 0 Å². The maximum atomic E-state index is 10.6. The fourth-order valence-electron chi connectivity index (χ4n) is 3.32. The monoisotopic (exact) mass is 281 g/mol. The van der Waals surface area contributed by atoms with E-state index in [0.29, 0.717) is 6.54 Å². The average Bonchev–Trinajstić information content (AvgIpc) is 2.46. The predicted molar refractivity (Wildman–Crippen MR) is 87.9 cm³/mol. The molecule has 1 heterocycles. The first-order valence-corrected chi connectivity index (χ1v) is 7.72. The lowest BCUT2D eigenvalue weighted by Gasteiger charge is -2.33. The third-order valence-corrected chi connectivity index (χ3v) is 4.23. The van der Waals surface area contributed by atoms with Gasteiger partial charge in [-0.15, -0.1) is 0 Å². The molecular weight excluding hydrogens is 258 g/mol. The molecule has 0 aliphatic carbocycles. The second-order valence-electron chi connectivity index (χ2n) is 6.12. The van der Waals surface area contributed by atoms with Crippen molar-refractivity contribution in [3.63, 3.8) is 0 Å². The first-order valence-electron chi connectivity index (χ1n) is 7.72. The third kappa shape index (κ3) is 3.11. The van der Waals surface area contributed by atoms with E-state index in [1.165, 1.54) is 22.4 Å². The van der Waals surface area contributed by atoms with Crippen LogP contribution >= 0.6 is 0 Å². The Bertz CT molecular complexity index is 615. The number of benzene rings is 2. The van der Waals surface area contributed by atoms with Crippen LogP contribution in [-0.4, -0.2) is 18.2 Å². The van der Waals surface area contributed by atoms with Crippen molar-refractivity contribution < 1.29 is 5.11 Å². The Kier molecular flexibility index (Phi) is 3.98. The average molecular weight is 281 g/mol. The fraction of sp³-hybridized carbons (Fsp3) is 0.368. The highest BCUT2D eigenvalue weighted by molar-refractivity contribution is 5.55. The largest absolute Gasteiger partial charge is 0.387 e. The van der Waals surface area contributed by atoms with E-state index in [9.17, 15) is 5.11 Å². The summed E-state index contributed by atoms with van der Waals surface area (Å²) in [5, 5.41) is 10.6. The van der Waals surface area contributed by atoms with Gasteiger partial charge in [0.2, 0.25) is 0 Å². The Morgan fingerprint density at radius 1 is 1.10 bits per heavy atom. The summed E-state index contributed by atoms with van der Waals surface area (Å²) in [6.45, 7) is 5.86. The van der Waals surface area contributed by atoms with Gasteiger partial charge in [-0.25, -0.2) is 0 Å². The molecule has 3 rings (SSSR count). The second-order valence-corrected chi connectivity index (χ2v) is 6.12. The second kappa shape index (κ2) is 5.90. The van der Waals surface area contributed by atoms with Crippen molar-refractivity contribution in [2.45, 2.75) is 32.8 Å². The summed E-state index contributed by atoms with van der Waals surface area (Å²) < 4.78 is 0. The topological polar surface area (TPSA) is 23.5 Å². The molecule has 0 radical (unpaired) electrons. The Morgan fingerprint density at radius 2 is 1.81 bits per heavy atom. The lowest BCUT2D eigenvalue weighted by Crippen LogP contribution is -2.33. The van der Waals surface area contributed by atoms with Gasteiger partial charge < -0.3 is 10.0 Å². The summed E-state index contributed by atoms with van der Waals surface area (Å²) in [5.74, 6) is 0. The minimum atomic E-state index is -0.435. The number of hydrogen-bond acceptors (Lipinski definition) is 2. The molecular formula is C19H23NO. The molecule has 0 saturated heterocycles. The Hall–Kier alpha value is -1.80. The minimum Gasteiger partial charge on any atom is -0.387 e. The lowest BCUT2D eigenvalue weighted by molar-refractivity contribution is 0.182.